The fraction of sp³-hybridized carbons (Fsp3) is 0.400. The van der Waals surface area contributed by atoms with Gasteiger partial charge in [0.2, 0.25) is 11.8 Å². The summed E-state index contributed by atoms with van der Waals surface area (Å²) >= 11 is 0. The van der Waals surface area contributed by atoms with E-state index in [1.54, 1.807) is 24.3 Å². The lowest BCUT2D eigenvalue weighted by atomic mass is 10.2. The molecule has 1 aliphatic rings. The molecule has 1 saturated heterocycles. The maximum Gasteiger partial charge on any atom is 0.337 e. The molecular formula is C15H18N2O5. The van der Waals surface area contributed by atoms with Gasteiger partial charge in [0, 0.05) is 12.3 Å². The van der Waals surface area contributed by atoms with Crippen LogP contribution in [0.5, 0.6) is 0 Å². The summed E-state index contributed by atoms with van der Waals surface area (Å²) in [7, 11) is 1.30. The minimum Gasteiger partial charge on any atom is -0.465 e. The molecule has 0 aromatic heterocycles. The third-order valence-corrected chi connectivity index (χ3v) is 3.24. The van der Waals surface area contributed by atoms with Gasteiger partial charge in [-0.05, 0) is 37.1 Å². The molecule has 0 spiro atoms. The third kappa shape index (κ3) is 4.29. The average Bonchev–Trinajstić information content (AvgIpc) is 3.07. The molecule has 1 unspecified atom stereocenters. The second-order valence-corrected chi connectivity index (χ2v) is 4.84. The van der Waals surface area contributed by atoms with Gasteiger partial charge in [-0.1, -0.05) is 0 Å². The Bertz CT molecular complexity index is 550. The zero-order valence-electron chi connectivity index (χ0n) is 12.3. The van der Waals surface area contributed by atoms with Crippen LogP contribution >= 0.6 is 0 Å². The molecule has 2 amide bonds. The van der Waals surface area contributed by atoms with E-state index in [1.807, 2.05) is 0 Å². The van der Waals surface area contributed by atoms with Gasteiger partial charge in [0.25, 0.3) is 0 Å². The number of carbonyl (C=O) groups is 3. The summed E-state index contributed by atoms with van der Waals surface area (Å²) in [5.74, 6) is -1.06. The van der Waals surface area contributed by atoms with Gasteiger partial charge in [-0.3, -0.25) is 9.59 Å². The summed E-state index contributed by atoms with van der Waals surface area (Å²) in [5, 5.41) is 5.16. The van der Waals surface area contributed by atoms with Crippen LogP contribution < -0.4 is 10.6 Å². The Labute approximate surface area is 128 Å². The van der Waals surface area contributed by atoms with E-state index in [0.29, 0.717) is 24.3 Å². The number of nitrogens with one attached hydrogen (secondary N) is 2. The Balaban J connectivity index is 1.79. The van der Waals surface area contributed by atoms with E-state index in [9.17, 15) is 14.4 Å². The lowest BCUT2D eigenvalue weighted by molar-refractivity contribution is -0.131. The van der Waals surface area contributed by atoms with E-state index in [0.717, 1.165) is 6.42 Å². The monoisotopic (exact) mass is 306 g/mol. The van der Waals surface area contributed by atoms with Crippen molar-refractivity contribution >= 4 is 23.5 Å². The molecule has 7 nitrogen and oxygen atoms in total. The molecule has 1 heterocycles. The minimum atomic E-state index is -0.452. The molecule has 118 valence electrons. The third-order valence-electron chi connectivity index (χ3n) is 3.24. The van der Waals surface area contributed by atoms with Crippen LogP contribution in [-0.4, -0.2) is 44.1 Å². The number of amides is 2. The summed E-state index contributed by atoms with van der Waals surface area (Å²) in [6, 6.07) is 6.27. The van der Waals surface area contributed by atoms with Gasteiger partial charge < -0.3 is 20.1 Å². The predicted molar refractivity (Wildman–Crippen MR) is 78.4 cm³/mol. The summed E-state index contributed by atoms with van der Waals surface area (Å²) in [6.07, 6.45) is 1.09. The van der Waals surface area contributed by atoms with Gasteiger partial charge in [-0.15, -0.1) is 0 Å². The number of benzene rings is 1. The molecule has 7 heteroatoms. The first-order valence-corrected chi connectivity index (χ1v) is 6.97. The lowest BCUT2D eigenvalue weighted by Crippen LogP contribution is -2.39. The lowest BCUT2D eigenvalue weighted by Gasteiger charge is -2.10. The van der Waals surface area contributed by atoms with Crippen molar-refractivity contribution in [2.24, 2.45) is 0 Å². The Morgan fingerprint density at radius 1 is 1.27 bits per heavy atom. The first-order valence-electron chi connectivity index (χ1n) is 6.97. The van der Waals surface area contributed by atoms with Crippen molar-refractivity contribution in [2.75, 3.05) is 25.6 Å². The van der Waals surface area contributed by atoms with Crippen molar-refractivity contribution in [3.63, 3.8) is 0 Å². The van der Waals surface area contributed by atoms with Crippen LogP contribution in [0.2, 0.25) is 0 Å². The fourth-order valence-electron chi connectivity index (χ4n) is 2.08. The summed E-state index contributed by atoms with van der Waals surface area (Å²) in [4.78, 5) is 34.7. The van der Waals surface area contributed by atoms with Gasteiger partial charge >= 0.3 is 5.97 Å². The average molecular weight is 306 g/mol. The van der Waals surface area contributed by atoms with Crippen molar-refractivity contribution < 1.29 is 23.9 Å². The van der Waals surface area contributed by atoms with Crippen molar-refractivity contribution in [1.82, 2.24) is 5.32 Å². The highest BCUT2D eigenvalue weighted by Gasteiger charge is 2.23. The second-order valence-electron chi connectivity index (χ2n) is 4.84. The van der Waals surface area contributed by atoms with E-state index >= 15 is 0 Å². The van der Waals surface area contributed by atoms with Crippen LogP contribution in [0.25, 0.3) is 0 Å². The fourth-order valence-corrected chi connectivity index (χ4v) is 2.08. The number of anilines is 1. The molecule has 0 bridgehead atoms. The molecule has 1 atom stereocenters. The SMILES string of the molecule is COC(=O)c1ccc(NC(=O)CNC(=O)C2CCCO2)cc1. The number of carbonyl (C=O) groups excluding carboxylic acids is 3. The zero-order chi connectivity index (χ0) is 15.9. The number of ether oxygens (including phenoxy) is 2. The Morgan fingerprint density at radius 2 is 2.00 bits per heavy atom. The molecule has 2 rings (SSSR count). The number of rotatable bonds is 5. The number of hydrogen-bond donors (Lipinski definition) is 2. The normalized spacial score (nSPS) is 16.9. The van der Waals surface area contributed by atoms with Crippen molar-refractivity contribution in [3.8, 4) is 0 Å². The topological polar surface area (TPSA) is 93.7 Å². The number of methoxy groups -OCH3 is 1. The first-order chi connectivity index (χ1) is 10.6. The largest absolute Gasteiger partial charge is 0.465 e. The van der Waals surface area contributed by atoms with Crippen LogP contribution in [0.1, 0.15) is 23.2 Å². The summed E-state index contributed by atoms with van der Waals surface area (Å²) < 4.78 is 9.81. The maximum absolute atomic E-state index is 11.7. The highest BCUT2D eigenvalue weighted by Crippen LogP contribution is 2.12. The van der Waals surface area contributed by atoms with Gasteiger partial charge in [0.15, 0.2) is 0 Å². The van der Waals surface area contributed by atoms with Crippen LogP contribution in [0.15, 0.2) is 24.3 Å². The molecular weight excluding hydrogens is 288 g/mol. The Morgan fingerprint density at radius 3 is 2.59 bits per heavy atom. The summed E-state index contributed by atoms with van der Waals surface area (Å²) in [6.45, 7) is 0.453. The highest BCUT2D eigenvalue weighted by molar-refractivity contribution is 5.96. The standard InChI is InChI=1S/C15H18N2O5/c1-21-15(20)10-4-6-11(7-5-10)17-13(18)9-16-14(19)12-3-2-8-22-12/h4-7,12H,2-3,8-9H2,1H3,(H,16,19)(H,17,18). The van der Waals surface area contributed by atoms with Crippen molar-refractivity contribution in [1.29, 1.82) is 0 Å². The van der Waals surface area contributed by atoms with E-state index < -0.39 is 12.1 Å². The smallest absolute Gasteiger partial charge is 0.337 e. The van der Waals surface area contributed by atoms with Crippen molar-refractivity contribution in [2.45, 2.75) is 18.9 Å². The molecule has 1 fully saturated rings. The molecule has 1 aromatic carbocycles. The van der Waals surface area contributed by atoms with Crippen molar-refractivity contribution in [3.05, 3.63) is 29.8 Å². The van der Waals surface area contributed by atoms with E-state index in [4.69, 9.17) is 4.74 Å². The molecule has 1 aromatic rings. The molecule has 22 heavy (non-hydrogen) atoms. The maximum atomic E-state index is 11.7. The molecule has 1 aliphatic heterocycles. The Hall–Kier alpha value is -2.41. The molecule has 2 N–H and O–H groups in total. The molecule has 0 radical (unpaired) electrons. The van der Waals surface area contributed by atoms with Gasteiger partial charge in [0.1, 0.15) is 6.10 Å². The second kappa shape index (κ2) is 7.56. The van der Waals surface area contributed by atoms with Crippen LogP contribution in [0.3, 0.4) is 0 Å². The first kappa shape index (κ1) is 16.0. The highest BCUT2D eigenvalue weighted by atomic mass is 16.5. The van der Waals surface area contributed by atoms with Crippen LogP contribution in [-0.2, 0) is 19.1 Å². The quantitative estimate of drug-likeness (QED) is 0.781. The Kier molecular flexibility index (Phi) is 5.48. The van der Waals surface area contributed by atoms with Gasteiger partial charge in [-0.2, -0.15) is 0 Å². The molecule has 0 aliphatic carbocycles. The number of esters is 1. The minimum absolute atomic E-state index is 0.128. The van der Waals surface area contributed by atoms with E-state index in [2.05, 4.69) is 15.4 Å². The van der Waals surface area contributed by atoms with Crippen LogP contribution in [0.4, 0.5) is 5.69 Å². The predicted octanol–water partition coefficient (Wildman–Crippen LogP) is 0.707. The van der Waals surface area contributed by atoms with E-state index in [1.165, 1.54) is 7.11 Å². The van der Waals surface area contributed by atoms with E-state index in [-0.39, 0.29) is 18.4 Å². The van der Waals surface area contributed by atoms with Gasteiger partial charge in [-0.25, -0.2) is 4.79 Å². The van der Waals surface area contributed by atoms with Gasteiger partial charge in [0.05, 0.1) is 19.2 Å². The number of hydrogen-bond acceptors (Lipinski definition) is 5. The summed E-state index contributed by atoms with van der Waals surface area (Å²) in [5.41, 5.74) is 0.927. The molecule has 0 saturated carbocycles. The van der Waals surface area contributed by atoms with Crippen LogP contribution in [0, 0.1) is 0 Å². The zero-order valence-corrected chi connectivity index (χ0v) is 12.3.